The van der Waals surface area contributed by atoms with Gasteiger partial charge in [0.15, 0.2) is 0 Å². The van der Waals surface area contributed by atoms with E-state index in [-0.39, 0.29) is 5.91 Å². The van der Waals surface area contributed by atoms with Crippen LogP contribution in [-0.4, -0.2) is 16.1 Å². The largest absolute Gasteiger partial charge is 0.398 e. The summed E-state index contributed by atoms with van der Waals surface area (Å²) in [7, 11) is 0. The van der Waals surface area contributed by atoms with Crippen LogP contribution in [0.3, 0.4) is 0 Å². The van der Waals surface area contributed by atoms with Gasteiger partial charge in [-0.05, 0) is 40.2 Å². The van der Waals surface area contributed by atoms with Gasteiger partial charge >= 0.3 is 0 Å². The molecule has 100 valence electrons. The average molecular weight is 331 g/mol. The first-order valence-electron chi connectivity index (χ1n) is 5.94. The van der Waals surface area contributed by atoms with Crippen molar-refractivity contribution in [1.29, 1.82) is 0 Å². The van der Waals surface area contributed by atoms with Crippen molar-refractivity contribution >= 4 is 44.1 Å². The van der Waals surface area contributed by atoms with Gasteiger partial charge in [-0.2, -0.15) is 5.10 Å². The van der Waals surface area contributed by atoms with Crippen molar-refractivity contribution < 1.29 is 4.79 Å². The van der Waals surface area contributed by atoms with Crippen LogP contribution in [-0.2, 0) is 0 Å². The molecule has 2 aromatic carbocycles. The molecule has 1 aromatic heterocycles. The zero-order chi connectivity index (χ0) is 14.1. The van der Waals surface area contributed by atoms with Crippen LogP contribution in [0, 0.1) is 0 Å². The minimum absolute atomic E-state index is 0.224. The Morgan fingerprint density at radius 1 is 1.25 bits per heavy atom. The average Bonchev–Trinajstić information content (AvgIpc) is 2.91. The van der Waals surface area contributed by atoms with Crippen LogP contribution in [0.5, 0.6) is 0 Å². The number of amides is 1. The smallest absolute Gasteiger partial charge is 0.256 e. The quantitative estimate of drug-likeness (QED) is 0.631. The summed E-state index contributed by atoms with van der Waals surface area (Å²) in [5, 5.41) is 10.6. The van der Waals surface area contributed by atoms with Gasteiger partial charge in [0.25, 0.3) is 5.91 Å². The normalized spacial score (nSPS) is 10.7. The fourth-order valence-corrected chi connectivity index (χ4v) is 2.44. The van der Waals surface area contributed by atoms with E-state index >= 15 is 0 Å². The Kier molecular flexibility index (Phi) is 3.15. The molecule has 4 N–H and O–H groups in total. The molecular weight excluding hydrogens is 320 g/mol. The highest BCUT2D eigenvalue weighted by atomic mass is 79.9. The van der Waals surface area contributed by atoms with Crippen molar-refractivity contribution in [2.75, 3.05) is 11.1 Å². The maximum atomic E-state index is 12.3. The molecule has 0 saturated carbocycles. The molecule has 1 amide bonds. The number of halogens is 1. The third-order valence-electron chi connectivity index (χ3n) is 3.01. The number of aromatic nitrogens is 2. The molecule has 0 atom stereocenters. The van der Waals surface area contributed by atoms with Crippen molar-refractivity contribution in [1.82, 2.24) is 10.2 Å². The van der Waals surface area contributed by atoms with E-state index in [4.69, 9.17) is 5.73 Å². The molecule has 3 aromatic rings. The highest BCUT2D eigenvalue weighted by Crippen LogP contribution is 2.26. The van der Waals surface area contributed by atoms with Crippen molar-refractivity contribution in [3.63, 3.8) is 0 Å². The molecule has 0 aliphatic heterocycles. The van der Waals surface area contributed by atoms with E-state index in [9.17, 15) is 4.79 Å². The summed E-state index contributed by atoms with van der Waals surface area (Å²) in [5.74, 6) is -0.224. The number of carbonyl (C=O) groups excluding carboxylic acids is 1. The Morgan fingerprint density at radius 3 is 2.90 bits per heavy atom. The van der Waals surface area contributed by atoms with Gasteiger partial charge in [0.2, 0.25) is 0 Å². The number of fused-ring (bicyclic) bond motifs is 1. The van der Waals surface area contributed by atoms with Gasteiger partial charge in [-0.1, -0.05) is 12.1 Å². The maximum Gasteiger partial charge on any atom is 0.256 e. The van der Waals surface area contributed by atoms with Gasteiger partial charge in [-0.15, -0.1) is 0 Å². The number of nitrogens with zero attached hydrogens (tertiary/aromatic N) is 1. The second-order valence-electron chi connectivity index (χ2n) is 4.30. The summed E-state index contributed by atoms with van der Waals surface area (Å²) in [6.07, 6.45) is 1.68. The first-order valence-corrected chi connectivity index (χ1v) is 6.73. The third-order valence-corrected chi connectivity index (χ3v) is 3.89. The van der Waals surface area contributed by atoms with Crippen molar-refractivity contribution in [3.8, 4) is 0 Å². The number of anilines is 2. The van der Waals surface area contributed by atoms with Gasteiger partial charge < -0.3 is 11.1 Å². The second-order valence-corrected chi connectivity index (χ2v) is 5.09. The standard InChI is InChI=1S/C14H11BrN4O/c15-13-8(3-1-4-10(13)16)14(20)18-11-5-2-6-12-9(11)7-17-19-12/h1-7H,16H2,(H,17,19)(H,18,20). The number of H-pyrrole nitrogens is 1. The molecule has 20 heavy (non-hydrogen) atoms. The van der Waals surface area contributed by atoms with E-state index < -0.39 is 0 Å². The fourth-order valence-electron chi connectivity index (χ4n) is 1.99. The maximum absolute atomic E-state index is 12.3. The van der Waals surface area contributed by atoms with Crippen LogP contribution in [0.1, 0.15) is 10.4 Å². The second kappa shape index (κ2) is 4.97. The number of hydrogen-bond acceptors (Lipinski definition) is 3. The first kappa shape index (κ1) is 12.7. The summed E-state index contributed by atoms with van der Waals surface area (Å²) in [4.78, 5) is 12.3. The molecule has 0 spiro atoms. The molecule has 5 nitrogen and oxygen atoms in total. The summed E-state index contributed by atoms with van der Waals surface area (Å²) >= 11 is 3.33. The molecule has 3 rings (SSSR count). The zero-order valence-electron chi connectivity index (χ0n) is 10.4. The lowest BCUT2D eigenvalue weighted by molar-refractivity contribution is 0.102. The molecular formula is C14H11BrN4O. The predicted molar refractivity (Wildman–Crippen MR) is 82.6 cm³/mol. The molecule has 0 unspecified atom stereocenters. The number of aromatic amines is 1. The summed E-state index contributed by atoms with van der Waals surface area (Å²) in [6, 6.07) is 10.8. The number of hydrogen-bond donors (Lipinski definition) is 3. The summed E-state index contributed by atoms with van der Waals surface area (Å²) < 4.78 is 0.594. The number of nitrogen functional groups attached to an aromatic ring is 1. The third kappa shape index (κ3) is 2.14. The van der Waals surface area contributed by atoms with Gasteiger partial charge in [0.05, 0.1) is 27.4 Å². The van der Waals surface area contributed by atoms with E-state index in [1.807, 2.05) is 18.2 Å². The predicted octanol–water partition coefficient (Wildman–Crippen LogP) is 3.16. The van der Waals surface area contributed by atoms with Crippen molar-refractivity contribution in [2.24, 2.45) is 0 Å². The van der Waals surface area contributed by atoms with Crippen LogP contribution in [0.2, 0.25) is 0 Å². The highest BCUT2D eigenvalue weighted by Gasteiger charge is 2.13. The van der Waals surface area contributed by atoms with E-state index in [0.717, 1.165) is 10.9 Å². The Bertz CT molecular complexity index is 797. The minimum atomic E-state index is -0.224. The Labute approximate surface area is 123 Å². The monoisotopic (exact) mass is 330 g/mol. The number of rotatable bonds is 2. The molecule has 0 fully saturated rings. The summed E-state index contributed by atoms with van der Waals surface area (Å²) in [6.45, 7) is 0. The topological polar surface area (TPSA) is 83.8 Å². The first-order chi connectivity index (χ1) is 9.66. The Hall–Kier alpha value is -2.34. The van der Waals surface area contributed by atoms with Crippen LogP contribution in [0.25, 0.3) is 10.9 Å². The van der Waals surface area contributed by atoms with Gasteiger partial charge in [0, 0.05) is 11.1 Å². The van der Waals surface area contributed by atoms with Crippen LogP contribution in [0.15, 0.2) is 47.1 Å². The lowest BCUT2D eigenvalue weighted by Crippen LogP contribution is -2.13. The van der Waals surface area contributed by atoms with Gasteiger partial charge in [0.1, 0.15) is 0 Å². The molecule has 0 bridgehead atoms. The Balaban J connectivity index is 1.97. The molecule has 0 saturated heterocycles. The lowest BCUT2D eigenvalue weighted by atomic mass is 10.1. The van der Waals surface area contributed by atoms with Gasteiger partial charge in [-0.25, -0.2) is 0 Å². The minimum Gasteiger partial charge on any atom is -0.398 e. The zero-order valence-corrected chi connectivity index (χ0v) is 11.9. The molecule has 6 heteroatoms. The van der Waals surface area contributed by atoms with E-state index in [1.54, 1.807) is 24.4 Å². The molecule has 0 radical (unpaired) electrons. The van der Waals surface area contributed by atoms with E-state index in [1.165, 1.54) is 0 Å². The van der Waals surface area contributed by atoms with Crippen LogP contribution in [0.4, 0.5) is 11.4 Å². The molecule has 0 aliphatic rings. The fraction of sp³-hybridized carbons (Fsp3) is 0. The van der Waals surface area contributed by atoms with Gasteiger partial charge in [-0.3, -0.25) is 9.89 Å². The molecule has 1 heterocycles. The van der Waals surface area contributed by atoms with Crippen molar-refractivity contribution in [2.45, 2.75) is 0 Å². The number of carbonyl (C=O) groups is 1. The van der Waals surface area contributed by atoms with Crippen LogP contribution < -0.4 is 11.1 Å². The highest BCUT2D eigenvalue weighted by molar-refractivity contribution is 9.10. The van der Waals surface area contributed by atoms with E-state index in [2.05, 4.69) is 31.4 Å². The molecule has 0 aliphatic carbocycles. The number of benzene rings is 2. The lowest BCUT2D eigenvalue weighted by Gasteiger charge is -2.09. The number of nitrogens with two attached hydrogens (primary N) is 1. The number of nitrogens with one attached hydrogen (secondary N) is 2. The SMILES string of the molecule is Nc1cccc(C(=O)Nc2cccc3[nH]ncc23)c1Br. The Morgan fingerprint density at radius 2 is 2.05 bits per heavy atom. The van der Waals surface area contributed by atoms with Crippen molar-refractivity contribution in [3.05, 3.63) is 52.6 Å². The summed E-state index contributed by atoms with van der Waals surface area (Å²) in [5.41, 5.74) is 8.38. The van der Waals surface area contributed by atoms with E-state index in [0.29, 0.717) is 21.4 Å². The van der Waals surface area contributed by atoms with Crippen LogP contribution >= 0.6 is 15.9 Å².